The number of carboxylic acid groups (broad SMARTS) is 1. The van der Waals surface area contributed by atoms with Crippen molar-refractivity contribution in [2.24, 2.45) is 0 Å². The lowest BCUT2D eigenvalue weighted by atomic mass is 10.0. The third-order valence-corrected chi connectivity index (χ3v) is 4.50. The van der Waals surface area contributed by atoms with Crippen LogP contribution in [0.15, 0.2) is 42.7 Å². The number of benzene rings is 1. The normalized spacial score (nSPS) is 16.7. The fraction of sp³-hybridized carbons (Fsp3) is 0.316. The van der Waals surface area contributed by atoms with E-state index in [4.69, 9.17) is 0 Å². The van der Waals surface area contributed by atoms with Crippen LogP contribution in [0.25, 0.3) is 11.1 Å². The monoisotopic (exact) mass is 339 g/mol. The summed E-state index contributed by atoms with van der Waals surface area (Å²) in [5.74, 6) is -1.22. The molecule has 1 saturated heterocycles. The van der Waals surface area contributed by atoms with Crippen LogP contribution < -0.4 is 4.90 Å². The Labute approximate surface area is 146 Å². The molecule has 1 amide bonds. The first kappa shape index (κ1) is 17.0. The molecular formula is C19H21N3O3. The van der Waals surface area contributed by atoms with Crippen LogP contribution >= 0.6 is 0 Å². The van der Waals surface area contributed by atoms with Gasteiger partial charge in [0.25, 0.3) is 5.91 Å². The summed E-state index contributed by atoms with van der Waals surface area (Å²) in [6.45, 7) is 0.470. The highest BCUT2D eigenvalue weighted by atomic mass is 16.4. The zero-order valence-electron chi connectivity index (χ0n) is 14.3. The van der Waals surface area contributed by atoms with E-state index in [2.05, 4.69) is 4.98 Å². The number of amides is 1. The summed E-state index contributed by atoms with van der Waals surface area (Å²) >= 11 is 0. The number of anilines is 1. The van der Waals surface area contributed by atoms with Crippen molar-refractivity contribution < 1.29 is 14.7 Å². The lowest BCUT2D eigenvalue weighted by Gasteiger charge is -2.21. The molecule has 1 atom stereocenters. The van der Waals surface area contributed by atoms with Crippen LogP contribution in [0.4, 0.5) is 5.69 Å². The van der Waals surface area contributed by atoms with E-state index in [1.807, 2.05) is 43.3 Å². The van der Waals surface area contributed by atoms with Crippen molar-refractivity contribution in [1.82, 2.24) is 9.88 Å². The maximum Gasteiger partial charge on any atom is 0.326 e. The zero-order chi connectivity index (χ0) is 18.0. The topological polar surface area (TPSA) is 73.7 Å². The van der Waals surface area contributed by atoms with Crippen molar-refractivity contribution in [2.45, 2.75) is 18.9 Å². The second kappa shape index (κ2) is 6.93. The fourth-order valence-electron chi connectivity index (χ4n) is 3.10. The van der Waals surface area contributed by atoms with Gasteiger partial charge < -0.3 is 14.9 Å². The molecule has 0 aliphatic carbocycles. The van der Waals surface area contributed by atoms with Crippen molar-refractivity contribution >= 4 is 17.6 Å². The summed E-state index contributed by atoms with van der Waals surface area (Å²) in [4.78, 5) is 31.6. The van der Waals surface area contributed by atoms with Gasteiger partial charge in [0.2, 0.25) is 0 Å². The van der Waals surface area contributed by atoms with E-state index in [0.29, 0.717) is 24.9 Å². The van der Waals surface area contributed by atoms with Gasteiger partial charge in [0.05, 0.1) is 5.56 Å². The van der Waals surface area contributed by atoms with E-state index in [1.165, 1.54) is 11.1 Å². The third kappa shape index (κ3) is 3.47. The minimum atomic E-state index is -0.950. The molecule has 3 rings (SSSR count). The van der Waals surface area contributed by atoms with E-state index in [1.54, 1.807) is 12.3 Å². The lowest BCUT2D eigenvalue weighted by molar-refractivity contribution is -0.141. The van der Waals surface area contributed by atoms with Gasteiger partial charge >= 0.3 is 5.97 Å². The van der Waals surface area contributed by atoms with Crippen molar-refractivity contribution in [3.8, 4) is 11.1 Å². The Bertz CT molecular complexity index is 787. The first-order valence-corrected chi connectivity index (χ1v) is 8.24. The molecule has 0 saturated carbocycles. The maximum absolute atomic E-state index is 12.7. The number of aromatic nitrogens is 1. The first-order valence-electron chi connectivity index (χ1n) is 8.24. The van der Waals surface area contributed by atoms with Gasteiger partial charge in [-0.2, -0.15) is 0 Å². The minimum Gasteiger partial charge on any atom is -0.480 e. The predicted molar refractivity (Wildman–Crippen MR) is 95.7 cm³/mol. The van der Waals surface area contributed by atoms with Gasteiger partial charge in [0, 0.05) is 44.3 Å². The highest BCUT2D eigenvalue weighted by Crippen LogP contribution is 2.25. The van der Waals surface area contributed by atoms with Crippen LogP contribution in [0.3, 0.4) is 0 Å². The molecule has 0 bridgehead atoms. The Hall–Kier alpha value is -2.89. The summed E-state index contributed by atoms with van der Waals surface area (Å²) in [6, 6.07) is 9.01. The van der Waals surface area contributed by atoms with E-state index in [0.717, 1.165) is 16.8 Å². The highest BCUT2D eigenvalue weighted by molar-refractivity contribution is 5.97. The molecular weight excluding hydrogens is 318 g/mol. The van der Waals surface area contributed by atoms with Crippen LogP contribution in [0.2, 0.25) is 0 Å². The van der Waals surface area contributed by atoms with Gasteiger partial charge in [-0.05, 0) is 36.6 Å². The second-order valence-corrected chi connectivity index (χ2v) is 6.40. The molecule has 1 N–H and O–H groups in total. The number of nitrogens with zero attached hydrogens (tertiary/aromatic N) is 3. The summed E-state index contributed by atoms with van der Waals surface area (Å²) in [5, 5.41) is 9.27. The van der Waals surface area contributed by atoms with Gasteiger partial charge in [0.1, 0.15) is 6.04 Å². The Kier molecular flexibility index (Phi) is 4.70. The predicted octanol–water partition coefficient (Wildman–Crippen LogP) is 2.50. The van der Waals surface area contributed by atoms with Crippen LogP contribution in [0.1, 0.15) is 23.2 Å². The number of pyridine rings is 1. The average Bonchev–Trinajstić information content (AvgIpc) is 3.11. The number of rotatable bonds is 4. The Morgan fingerprint density at radius 3 is 2.52 bits per heavy atom. The Morgan fingerprint density at radius 1 is 1.16 bits per heavy atom. The molecule has 1 aromatic heterocycles. The molecule has 2 aromatic rings. The number of hydrogen-bond acceptors (Lipinski definition) is 4. The molecule has 0 unspecified atom stereocenters. The van der Waals surface area contributed by atoms with Crippen LogP contribution in [0, 0.1) is 0 Å². The number of carbonyl (C=O) groups is 2. The van der Waals surface area contributed by atoms with Crippen LogP contribution in [-0.2, 0) is 4.79 Å². The molecule has 0 radical (unpaired) electrons. The molecule has 25 heavy (non-hydrogen) atoms. The summed E-state index contributed by atoms with van der Waals surface area (Å²) in [6.07, 6.45) is 4.42. The lowest BCUT2D eigenvalue weighted by Crippen LogP contribution is -2.40. The molecule has 130 valence electrons. The standard InChI is InChI=1S/C19H21N3O3/c1-21(2)16-7-5-13(6-8-16)14-10-15(12-20-11-14)18(23)22-9-3-4-17(22)19(24)25/h5-8,10-12,17H,3-4,9H2,1-2H3,(H,24,25)/t17-/m0/s1. The van der Waals surface area contributed by atoms with Gasteiger partial charge in [-0.25, -0.2) is 4.79 Å². The van der Waals surface area contributed by atoms with E-state index in [-0.39, 0.29) is 5.91 Å². The Balaban J connectivity index is 1.86. The first-order chi connectivity index (χ1) is 12.0. The van der Waals surface area contributed by atoms with Crippen molar-refractivity contribution in [3.63, 3.8) is 0 Å². The Morgan fingerprint density at radius 2 is 1.88 bits per heavy atom. The molecule has 1 fully saturated rings. The van der Waals surface area contributed by atoms with Crippen molar-refractivity contribution in [2.75, 3.05) is 25.5 Å². The number of hydrogen-bond donors (Lipinski definition) is 1. The minimum absolute atomic E-state index is 0.274. The van der Waals surface area contributed by atoms with Gasteiger partial charge in [-0.3, -0.25) is 9.78 Å². The SMILES string of the molecule is CN(C)c1ccc(-c2cncc(C(=O)N3CCC[C@H]3C(=O)O)c2)cc1. The number of likely N-dealkylation sites (tertiary alicyclic amines) is 1. The van der Waals surface area contributed by atoms with E-state index < -0.39 is 12.0 Å². The number of carboxylic acids is 1. The van der Waals surface area contributed by atoms with E-state index in [9.17, 15) is 14.7 Å². The van der Waals surface area contributed by atoms with Gasteiger partial charge in [0.15, 0.2) is 0 Å². The molecule has 6 nitrogen and oxygen atoms in total. The van der Waals surface area contributed by atoms with Gasteiger partial charge in [-0.1, -0.05) is 12.1 Å². The quantitative estimate of drug-likeness (QED) is 0.926. The van der Waals surface area contributed by atoms with Gasteiger partial charge in [-0.15, -0.1) is 0 Å². The van der Waals surface area contributed by atoms with Crippen LogP contribution in [-0.4, -0.2) is 53.5 Å². The third-order valence-electron chi connectivity index (χ3n) is 4.50. The molecule has 1 aliphatic rings. The molecule has 1 aliphatic heterocycles. The van der Waals surface area contributed by atoms with E-state index >= 15 is 0 Å². The maximum atomic E-state index is 12.7. The average molecular weight is 339 g/mol. The second-order valence-electron chi connectivity index (χ2n) is 6.40. The summed E-state index contributed by atoms with van der Waals surface area (Å²) in [5.41, 5.74) is 3.30. The number of aliphatic carboxylic acids is 1. The molecule has 1 aromatic carbocycles. The summed E-state index contributed by atoms with van der Waals surface area (Å²) in [7, 11) is 3.95. The largest absolute Gasteiger partial charge is 0.480 e. The zero-order valence-corrected chi connectivity index (χ0v) is 14.3. The van der Waals surface area contributed by atoms with Crippen molar-refractivity contribution in [1.29, 1.82) is 0 Å². The molecule has 0 spiro atoms. The smallest absolute Gasteiger partial charge is 0.326 e. The highest BCUT2D eigenvalue weighted by Gasteiger charge is 2.34. The number of carbonyl (C=O) groups excluding carboxylic acids is 1. The molecule has 2 heterocycles. The fourth-order valence-corrected chi connectivity index (χ4v) is 3.10. The summed E-state index contributed by atoms with van der Waals surface area (Å²) < 4.78 is 0. The van der Waals surface area contributed by atoms with Crippen LogP contribution in [0.5, 0.6) is 0 Å². The van der Waals surface area contributed by atoms with Crippen molar-refractivity contribution in [3.05, 3.63) is 48.3 Å². The molecule has 6 heteroatoms.